The Bertz CT molecular complexity index is 390. The Morgan fingerprint density at radius 2 is 2.00 bits per heavy atom. The van der Waals surface area contributed by atoms with Gasteiger partial charge in [0, 0.05) is 19.7 Å². The van der Waals surface area contributed by atoms with Gasteiger partial charge in [-0.15, -0.1) is 0 Å². The topological polar surface area (TPSA) is 84.5 Å². The fraction of sp³-hybridized carbons (Fsp3) is 0.909. The van der Waals surface area contributed by atoms with Gasteiger partial charge in [0.2, 0.25) is 0 Å². The summed E-state index contributed by atoms with van der Waals surface area (Å²) >= 11 is 0. The van der Waals surface area contributed by atoms with Gasteiger partial charge in [0.15, 0.2) is 9.84 Å². The van der Waals surface area contributed by atoms with Crippen molar-refractivity contribution in [2.24, 2.45) is 5.92 Å². The first-order valence-electron chi connectivity index (χ1n) is 6.39. The Morgan fingerprint density at radius 1 is 1.22 bits per heavy atom. The van der Waals surface area contributed by atoms with Gasteiger partial charge in [-0.1, -0.05) is 0 Å². The zero-order chi connectivity index (χ0) is 13.0. The van der Waals surface area contributed by atoms with Crippen molar-refractivity contribution < 1.29 is 17.9 Å². The minimum atomic E-state index is -2.86. The average molecular weight is 276 g/mol. The number of urea groups is 1. The Balaban J connectivity index is 1.60. The Kier molecular flexibility index (Phi) is 4.45. The lowest BCUT2D eigenvalue weighted by Crippen LogP contribution is -2.41. The van der Waals surface area contributed by atoms with Crippen LogP contribution in [0, 0.1) is 5.92 Å². The normalized spacial score (nSPS) is 30.2. The fourth-order valence-corrected chi connectivity index (χ4v) is 4.21. The Hall–Kier alpha value is -0.820. The van der Waals surface area contributed by atoms with Crippen LogP contribution in [0.2, 0.25) is 0 Å². The van der Waals surface area contributed by atoms with Crippen molar-refractivity contribution in [2.45, 2.75) is 25.4 Å². The van der Waals surface area contributed by atoms with E-state index in [0.717, 1.165) is 19.4 Å². The second-order valence-corrected chi connectivity index (χ2v) is 7.22. The molecular formula is C11H20N2O4S. The van der Waals surface area contributed by atoms with Crippen LogP contribution in [0.25, 0.3) is 0 Å². The van der Waals surface area contributed by atoms with E-state index in [-0.39, 0.29) is 29.6 Å². The van der Waals surface area contributed by atoms with E-state index in [1.807, 2.05) is 0 Å². The monoisotopic (exact) mass is 276 g/mol. The van der Waals surface area contributed by atoms with Gasteiger partial charge in [-0.3, -0.25) is 0 Å². The summed E-state index contributed by atoms with van der Waals surface area (Å²) in [6.45, 7) is 1.72. The molecule has 0 aromatic carbocycles. The van der Waals surface area contributed by atoms with E-state index in [1.165, 1.54) is 0 Å². The second kappa shape index (κ2) is 5.88. The van der Waals surface area contributed by atoms with Crippen LogP contribution in [-0.4, -0.2) is 51.8 Å². The van der Waals surface area contributed by atoms with Crippen LogP contribution < -0.4 is 10.6 Å². The number of carbonyl (C=O) groups is 1. The van der Waals surface area contributed by atoms with Gasteiger partial charge in [0.05, 0.1) is 17.6 Å². The quantitative estimate of drug-likeness (QED) is 0.751. The molecule has 0 saturated carbocycles. The molecule has 2 N–H and O–H groups in total. The SMILES string of the molecule is O=C(NC[C@H]1CCS(=O)(=O)C1)NC[C@@H]1CCCO1. The molecule has 2 heterocycles. The summed E-state index contributed by atoms with van der Waals surface area (Å²) in [7, 11) is -2.86. The van der Waals surface area contributed by atoms with Crippen LogP contribution in [0.5, 0.6) is 0 Å². The maximum absolute atomic E-state index is 11.5. The first-order valence-corrected chi connectivity index (χ1v) is 8.21. The maximum atomic E-state index is 11.5. The molecule has 0 bridgehead atoms. The zero-order valence-corrected chi connectivity index (χ0v) is 11.2. The minimum Gasteiger partial charge on any atom is -0.376 e. The van der Waals surface area contributed by atoms with Crippen molar-refractivity contribution in [1.29, 1.82) is 0 Å². The van der Waals surface area contributed by atoms with Crippen LogP contribution >= 0.6 is 0 Å². The highest BCUT2D eigenvalue weighted by Gasteiger charge is 2.27. The lowest BCUT2D eigenvalue weighted by molar-refractivity contribution is 0.111. The maximum Gasteiger partial charge on any atom is 0.314 e. The molecule has 0 aromatic rings. The lowest BCUT2D eigenvalue weighted by atomic mass is 10.1. The highest BCUT2D eigenvalue weighted by atomic mass is 32.2. The third kappa shape index (κ3) is 4.13. The fourth-order valence-electron chi connectivity index (χ4n) is 2.34. The summed E-state index contributed by atoms with van der Waals surface area (Å²) in [4.78, 5) is 11.5. The van der Waals surface area contributed by atoms with Gasteiger partial charge < -0.3 is 15.4 Å². The summed E-state index contributed by atoms with van der Waals surface area (Å²) in [5.41, 5.74) is 0. The first-order chi connectivity index (χ1) is 8.55. The predicted octanol–water partition coefficient (Wildman–Crippen LogP) is -0.101. The highest BCUT2D eigenvalue weighted by molar-refractivity contribution is 7.91. The Labute approximate surface area is 107 Å². The zero-order valence-electron chi connectivity index (χ0n) is 10.4. The van der Waals surface area contributed by atoms with E-state index in [9.17, 15) is 13.2 Å². The molecule has 7 heteroatoms. The molecule has 2 aliphatic rings. The summed E-state index contributed by atoms with van der Waals surface area (Å²) in [6, 6.07) is -0.241. The molecule has 0 aromatic heterocycles. The van der Waals surface area contributed by atoms with Gasteiger partial charge in [-0.05, 0) is 25.2 Å². The number of rotatable bonds is 4. The minimum absolute atomic E-state index is 0.0588. The molecule has 6 nitrogen and oxygen atoms in total. The van der Waals surface area contributed by atoms with Crippen LogP contribution in [0.4, 0.5) is 4.79 Å². The van der Waals surface area contributed by atoms with Crippen LogP contribution in [0.1, 0.15) is 19.3 Å². The first kappa shape index (κ1) is 13.6. The molecule has 18 heavy (non-hydrogen) atoms. The number of hydrogen-bond acceptors (Lipinski definition) is 4. The molecule has 0 unspecified atom stereocenters. The smallest absolute Gasteiger partial charge is 0.314 e. The number of nitrogens with one attached hydrogen (secondary N) is 2. The van der Waals surface area contributed by atoms with Gasteiger partial charge in [-0.2, -0.15) is 0 Å². The number of amides is 2. The molecule has 104 valence electrons. The number of carbonyl (C=O) groups excluding carboxylic acids is 1. The van der Waals surface area contributed by atoms with Crippen molar-refractivity contribution in [3.8, 4) is 0 Å². The summed E-state index contributed by atoms with van der Waals surface area (Å²) < 4.78 is 27.9. The van der Waals surface area contributed by atoms with E-state index in [0.29, 0.717) is 19.5 Å². The van der Waals surface area contributed by atoms with E-state index in [2.05, 4.69) is 10.6 Å². The van der Waals surface area contributed by atoms with Crippen LogP contribution in [0.3, 0.4) is 0 Å². The highest BCUT2D eigenvalue weighted by Crippen LogP contribution is 2.17. The van der Waals surface area contributed by atoms with Crippen LogP contribution in [0.15, 0.2) is 0 Å². The molecule has 0 radical (unpaired) electrons. The third-order valence-corrected chi connectivity index (χ3v) is 5.23. The second-order valence-electron chi connectivity index (χ2n) is 5.00. The standard InChI is InChI=1S/C11H20N2O4S/c14-11(13-7-10-2-1-4-17-10)12-6-9-3-5-18(15,16)8-9/h9-10H,1-8H2,(H2,12,13,14)/t9-,10+/m1/s1. The van der Waals surface area contributed by atoms with Gasteiger partial charge in [-0.25, -0.2) is 13.2 Å². The predicted molar refractivity (Wildman–Crippen MR) is 67.1 cm³/mol. The number of ether oxygens (including phenoxy) is 1. The number of sulfone groups is 1. The van der Waals surface area contributed by atoms with E-state index >= 15 is 0 Å². The van der Waals surface area contributed by atoms with Crippen molar-refractivity contribution in [1.82, 2.24) is 10.6 Å². The molecule has 2 saturated heterocycles. The third-order valence-electron chi connectivity index (χ3n) is 3.39. The van der Waals surface area contributed by atoms with E-state index in [4.69, 9.17) is 4.74 Å². The molecule has 2 rings (SSSR count). The van der Waals surface area contributed by atoms with E-state index < -0.39 is 9.84 Å². The van der Waals surface area contributed by atoms with Gasteiger partial charge >= 0.3 is 6.03 Å². The van der Waals surface area contributed by atoms with Crippen molar-refractivity contribution >= 4 is 15.9 Å². The van der Waals surface area contributed by atoms with Crippen molar-refractivity contribution in [2.75, 3.05) is 31.2 Å². The number of hydrogen-bond donors (Lipinski definition) is 2. The molecule has 2 fully saturated rings. The van der Waals surface area contributed by atoms with Crippen LogP contribution in [-0.2, 0) is 14.6 Å². The molecular weight excluding hydrogens is 256 g/mol. The van der Waals surface area contributed by atoms with Crippen molar-refractivity contribution in [3.05, 3.63) is 0 Å². The summed E-state index contributed by atoms with van der Waals surface area (Å²) in [5.74, 6) is 0.499. The molecule has 0 aliphatic carbocycles. The average Bonchev–Trinajstić information content (AvgIpc) is 2.93. The molecule has 0 spiro atoms. The van der Waals surface area contributed by atoms with Gasteiger partial charge in [0.1, 0.15) is 0 Å². The molecule has 2 aliphatic heterocycles. The largest absolute Gasteiger partial charge is 0.376 e. The van der Waals surface area contributed by atoms with E-state index in [1.54, 1.807) is 0 Å². The Morgan fingerprint density at radius 3 is 2.61 bits per heavy atom. The molecule has 2 atom stereocenters. The summed E-state index contributed by atoms with van der Waals surface area (Å²) in [6.07, 6.45) is 2.81. The molecule has 2 amide bonds. The summed E-state index contributed by atoms with van der Waals surface area (Å²) in [5, 5.41) is 5.46. The lowest BCUT2D eigenvalue weighted by Gasteiger charge is -2.13. The van der Waals surface area contributed by atoms with Gasteiger partial charge in [0.25, 0.3) is 0 Å². The van der Waals surface area contributed by atoms with Crippen molar-refractivity contribution in [3.63, 3.8) is 0 Å².